The number of rotatable bonds is 2. The average molecular weight is 316 g/mol. The molecule has 3 aliphatic rings. The first kappa shape index (κ1) is 15.3. The lowest BCUT2D eigenvalue weighted by atomic mass is 9.55. The summed E-state index contributed by atoms with van der Waals surface area (Å²) in [5, 5.41) is 20.6. The molecular weight excluding hydrogens is 288 g/mol. The minimum absolute atomic E-state index is 0.117. The highest BCUT2D eigenvalue weighted by Gasteiger charge is 2.54. The van der Waals surface area contributed by atoms with E-state index in [0.717, 1.165) is 32.1 Å². The molecule has 3 aliphatic carbocycles. The summed E-state index contributed by atoms with van der Waals surface area (Å²) in [5.74, 6) is 2.89. The molecule has 2 fully saturated rings. The van der Waals surface area contributed by atoms with Crippen LogP contribution in [0.4, 0.5) is 0 Å². The van der Waals surface area contributed by atoms with Crippen LogP contribution >= 0.6 is 0 Å². The molecule has 3 heteroatoms. The molecule has 0 heterocycles. The molecule has 23 heavy (non-hydrogen) atoms. The minimum Gasteiger partial charge on any atom is -0.504 e. The molecule has 0 aromatic heterocycles. The van der Waals surface area contributed by atoms with Gasteiger partial charge in [-0.15, -0.1) is 0 Å². The fraction of sp³-hybridized carbons (Fsp3) is 0.700. The molecule has 0 amide bonds. The van der Waals surface area contributed by atoms with E-state index >= 15 is 0 Å². The molecule has 0 saturated heterocycles. The van der Waals surface area contributed by atoms with Gasteiger partial charge in [-0.3, -0.25) is 0 Å². The molecule has 0 unspecified atom stereocenters. The first-order valence-electron chi connectivity index (χ1n) is 9.22. The first-order valence-corrected chi connectivity index (χ1v) is 9.22. The summed E-state index contributed by atoms with van der Waals surface area (Å²) in [4.78, 5) is 0. The Hall–Kier alpha value is -1.22. The van der Waals surface area contributed by atoms with E-state index in [2.05, 4.69) is 13.0 Å². The van der Waals surface area contributed by atoms with Gasteiger partial charge in [0.25, 0.3) is 0 Å². The molecule has 3 nitrogen and oxygen atoms in total. The van der Waals surface area contributed by atoms with Crippen molar-refractivity contribution in [2.45, 2.75) is 64.4 Å². The normalized spacial score (nSPS) is 38.6. The number of hydrogen-bond acceptors (Lipinski definition) is 3. The molecule has 5 atom stereocenters. The summed E-state index contributed by atoms with van der Waals surface area (Å²) >= 11 is 0. The summed E-state index contributed by atoms with van der Waals surface area (Å²) in [6.07, 6.45) is 6.44. The Kier molecular flexibility index (Phi) is 3.60. The molecule has 0 aliphatic heterocycles. The molecule has 1 aromatic carbocycles. The predicted molar refractivity (Wildman–Crippen MR) is 89.9 cm³/mol. The Morgan fingerprint density at radius 3 is 2.83 bits per heavy atom. The van der Waals surface area contributed by atoms with Crippen LogP contribution in [0.2, 0.25) is 0 Å². The van der Waals surface area contributed by atoms with Gasteiger partial charge in [-0.2, -0.15) is 0 Å². The van der Waals surface area contributed by atoms with Gasteiger partial charge in [0.15, 0.2) is 11.5 Å². The summed E-state index contributed by atoms with van der Waals surface area (Å²) < 4.78 is 5.75. The largest absolute Gasteiger partial charge is 0.504 e. The third-order valence-electron chi connectivity index (χ3n) is 7.08. The van der Waals surface area contributed by atoms with E-state index in [1.54, 1.807) is 0 Å². The SMILES string of the molecule is CCOc1c(O)ccc2c1CC[C@@H]1[C@@H]2CC[C@]2(C)[C@H](O)CC[C@@H]12. The number of fused-ring (bicyclic) bond motifs is 5. The van der Waals surface area contributed by atoms with Crippen molar-refractivity contribution in [3.05, 3.63) is 23.3 Å². The van der Waals surface area contributed by atoms with Crippen molar-refractivity contribution >= 4 is 0 Å². The van der Waals surface area contributed by atoms with Crippen LogP contribution < -0.4 is 4.74 Å². The number of phenolic OH excluding ortho intramolecular Hbond substituents is 1. The van der Waals surface area contributed by atoms with E-state index in [1.165, 1.54) is 17.5 Å². The zero-order chi connectivity index (χ0) is 16.2. The van der Waals surface area contributed by atoms with Gasteiger partial charge in [0, 0.05) is 5.56 Å². The van der Waals surface area contributed by atoms with Crippen molar-refractivity contribution in [2.75, 3.05) is 6.61 Å². The van der Waals surface area contributed by atoms with Gasteiger partial charge in [0.05, 0.1) is 12.7 Å². The summed E-state index contributed by atoms with van der Waals surface area (Å²) in [6.45, 7) is 4.87. The van der Waals surface area contributed by atoms with Crippen molar-refractivity contribution in [3.63, 3.8) is 0 Å². The lowest BCUT2D eigenvalue weighted by molar-refractivity contribution is -0.0227. The van der Waals surface area contributed by atoms with Gasteiger partial charge in [0.2, 0.25) is 0 Å². The maximum atomic E-state index is 10.5. The number of ether oxygens (including phenoxy) is 1. The standard InChI is InChI=1S/C20H28O3/c1-3-23-19-15-5-4-14-13(12(15)6-8-17(19)21)10-11-20(2)16(14)7-9-18(20)22/h6,8,13-14,16,18,21-22H,3-5,7,9-11H2,1-2H3/t13-,14-,16+,18-,20+/m1/s1. The smallest absolute Gasteiger partial charge is 0.164 e. The molecule has 2 N–H and O–H groups in total. The third kappa shape index (κ3) is 2.12. The second-order valence-corrected chi connectivity index (χ2v) is 7.97. The van der Waals surface area contributed by atoms with Crippen LogP contribution in [0.3, 0.4) is 0 Å². The van der Waals surface area contributed by atoms with Gasteiger partial charge >= 0.3 is 0 Å². The van der Waals surface area contributed by atoms with Crippen LogP contribution in [0.15, 0.2) is 12.1 Å². The van der Waals surface area contributed by atoms with Gasteiger partial charge < -0.3 is 14.9 Å². The Bertz CT molecular complexity index is 611. The van der Waals surface area contributed by atoms with Crippen LogP contribution in [0.1, 0.15) is 63.0 Å². The van der Waals surface area contributed by atoms with Crippen LogP contribution in [0, 0.1) is 17.3 Å². The number of phenols is 1. The fourth-order valence-electron chi connectivity index (χ4n) is 5.90. The molecule has 126 valence electrons. The van der Waals surface area contributed by atoms with Crippen molar-refractivity contribution < 1.29 is 14.9 Å². The molecule has 0 bridgehead atoms. The molecule has 0 radical (unpaired) electrons. The minimum atomic E-state index is -0.117. The first-order chi connectivity index (χ1) is 11.1. The fourth-order valence-corrected chi connectivity index (χ4v) is 5.90. The lowest BCUT2D eigenvalue weighted by Crippen LogP contribution is -2.43. The van der Waals surface area contributed by atoms with Crippen LogP contribution in [0.5, 0.6) is 11.5 Å². The Morgan fingerprint density at radius 2 is 2.04 bits per heavy atom. The summed E-state index contributed by atoms with van der Waals surface area (Å²) in [7, 11) is 0. The monoisotopic (exact) mass is 316 g/mol. The third-order valence-corrected chi connectivity index (χ3v) is 7.08. The number of benzene rings is 1. The molecule has 4 rings (SSSR count). The second-order valence-electron chi connectivity index (χ2n) is 7.97. The number of aliphatic hydroxyl groups is 1. The number of aromatic hydroxyl groups is 1. The Morgan fingerprint density at radius 1 is 1.22 bits per heavy atom. The Labute approximate surface area is 138 Å². The zero-order valence-electron chi connectivity index (χ0n) is 14.2. The van der Waals surface area contributed by atoms with E-state index in [4.69, 9.17) is 4.74 Å². The predicted octanol–water partition coefficient (Wildman–Crippen LogP) is 4.01. The van der Waals surface area contributed by atoms with Gasteiger partial charge in [0.1, 0.15) is 0 Å². The van der Waals surface area contributed by atoms with Crippen LogP contribution in [0.25, 0.3) is 0 Å². The molecule has 2 saturated carbocycles. The van der Waals surface area contributed by atoms with Gasteiger partial charge in [-0.05, 0) is 80.2 Å². The van der Waals surface area contributed by atoms with E-state index in [-0.39, 0.29) is 17.3 Å². The van der Waals surface area contributed by atoms with Crippen molar-refractivity contribution in [3.8, 4) is 11.5 Å². The van der Waals surface area contributed by atoms with E-state index in [9.17, 15) is 10.2 Å². The lowest BCUT2D eigenvalue weighted by Gasteiger charge is -2.50. The molecule has 0 spiro atoms. The summed E-state index contributed by atoms with van der Waals surface area (Å²) in [6, 6.07) is 3.93. The van der Waals surface area contributed by atoms with Gasteiger partial charge in [-0.1, -0.05) is 13.0 Å². The Balaban J connectivity index is 1.71. The van der Waals surface area contributed by atoms with Crippen LogP contribution in [-0.2, 0) is 6.42 Å². The number of aliphatic hydroxyl groups excluding tert-OH is 1. The number of hydrogen-bond donors (Lipinski definition) is 2. The average Bonchev–Trinajstić information content (AvgIpc) is 2.85. The van der Waals surface area contributed by atoms with Crippen molar-refractivity contribution in [1.82, 2.24) is 0 Å². The highest BCUT2D eigenvalue weighted by molar-refractivity contribution is 5.52. The highest BCUT2D eigenvalue weighted by atomic mass is 16.5. The quantitative estimate of drug-likeness (QED) is 0.867. The zero-order valence-corrected chi connectivity index (χ0v) is 14.2. The second kappa shape index (κ2) is 5.41. The van der Waals surface area contributed by atoms with E-state index < -0.39 is 0 Å². The maximum absolute atomic E-state index is 10.5. The van der Waals surface area contributed by atoms with Crippen LogP contribution in [-0.4, -0.2) is 22.9 Å². The topological polar surface area (TPSA) is 49.7 Å². The van der Waals surface area contributed by atoms with E-state index in [1.807, 2.05) is 13.0 Å². The van der Waals surface area contributed by atoms with Crippen molar-refractivity contribution in [2.24, 2.45) is 17.3 Å². The van der Waals surface area contributed by atoms with Crippen molar-refractivity contribution in [1.29, 1.82) is 0 Å². The summed E-state index contributed by atoms with van der Waals surface area (Å²) in [5.41, 5.74) is 2.75. The van der Waals surface area contributed by atoms with E-state index in [0.29, 0.717) is 30.1 Å². The molecular formula is C20H28O3. The van der Waals surface area contributed by atoms with Gasteiger partial charge in [-0.25, -0.2) is 0 Å². The maximum Gasteiger partial charge on any atom is 0.164 e. The molecule has 1 aromatic rings. The highest BCUT2D eigenvalue weighted by Crippen LogP contribution is 2.61.